The molecule has 0 saturated carbocycles. The van der Waals surface area contributed by atoms with Crippen molar-refractivity contribution >= 4 is 65.6 Å². The highest BCUT2D eigenvalue weighted by molar-refractivity contribution is 6.26. The monoisotopic (exact) mass is 882 g/mol. The summed E-state index contributed by atoms with van der Waals surface area (Å²) in [4.78, 5) is 21.2. The molecule has 0 aliphatic rings. The second-order valence-corrected chi connectivity index (χ2v) is 17.4. The van der Waals surface area contributed by atoms with Gasteiger partial charge in [-0.3, -0.25) is 9.13 Å². The molecule has 0 saturated heterocycles. The molecule has 14 rings (SSSR count). The molecule has 322 valence electrons. The summed E-state index contributed by atoms with van der Waals surface area (Å²) < 4.78 is 10.8. The average molecular weight is 883 g/mol. The molecule has 0 radical (unpaired) electrons. The number of furan rings is 1. The largest absolute Gasteiger partial charge is 0.456 e. The van der Waals surface area contributed by atoms with Crippen LogP contribution >= 0.6 is 0 Å². The van der Waals surface area contributed by atoms with Gasteiger partial charge in [-0.2, -0.15) is 9.97 Å². The number of nitrogens with zero attached hydrogens (tertiary/aromatic N) is 6. The Balaban J connectivity index is 1.09. The van der Waals surface area contributed by atoms with Crippen molar-refractivity contribution in [2.45, 2.75) is 0 Å². The van der Waals surface area contributed by atoms with Crippen LogP contribution in [0.25, 0.3) is 134 Å². The van der Waals surface area contributed by atoms with Crippen LogP contribution in [-0.4, -0.2) is 29.1 Å². The van der Waals surface area contributed by atoms with Crippen LogP contribution in [0.3, 0.4) is 0 Å². The fourth-order valence-corrected chi connectivity index (χ4v) is 10.2. The Kier molecular flexibility index (Phi) is 8.75. The number of hydrogen-bond donors (Lipinski definition) is 0. The fourth-order valence-electron chi connectivity index (χ4n) is 10.2. The molecule has 7 heteroatoms. The molecule has 7 nitrogen and oxygen atoms in total. The van der Waals surface area contributed by atoms with Crippen molar-refractivity contribution in [3.8, 4) is 68.1 Å². The highest BCUT2D eigenvalue weighted by Gasteiger charge is 2.25. The zero-order valence-electron chi connectivity index (χ0n) is 37.0. The number of para-hydroxylation sites is 1. The van der Waals surface area contributed by atoms with Gasteiger partial charge in [-0.15, -0.1) is 0 Å². The third-order valence-corrected chi connectivity index (χ3v) is 13.4. The standard InChI is InChI=1S/C62H38N6O/c1-5-16-39(17-6-1)43-28-32-52-48(36-43)47-31-34-54-58(59(47)68(52)57-27-15-25-51(63-57)45-30-35-56-49(38-45)46-24-13-14-26-55(46)69-56)50-37-44(40-18-7-2-8-19-40)29-33-53(50)67(54)62-65-60(41-20-9-3-10-21-41)64-61(66-62)42-22-11-4-12-23-42/h1-38H. The molecule has 0 amide bonds. The van der Waals surface area contributed by atoms with Gasteiger partial charge in [0.1, 0.15) is 17.0 Å². The van der Waals surface area contributed by atoms with E-state index in [4.69, 9.17) is 24.4 Å². The molecule has 0 aliphatic heterocycles. The zero-order valence-corrected chi connectivity index (χ0v) is 37.0. The second-order valence-electron chi connectivity index (χ2n) is 17.4. The molecule has 0 N–H and O–H groups in total. The number of aromatic nitrogens is 6. The maximum Gasteiger partial charge on any atom is 0.238 e. The lowest BCUT2D eigenvalue weighted by Crippen LogP contribution is -2.06. The molecule has 69 heavy (non-hydrogen) atoms. The molecule has 0 spiro atoms. The lowest BCUT2D eigenvalue weighted by molar-refractivity contribution is 0.669. The van der Waals surface area contributed by atoms with Gasteiger partial charge < -0.3 is 4.42 Å². The maximum absolute atomic E-state index is 6.23. The zero-order chi connectivity index (χ0) is 45.4. The van der Waals surface area contributed by atoms with Crippen LogP contribution in [0.15, 0.2) is 235 Å². The van der Waals surface area contributed by atoms with E-state index >= 15 is 0 Å². The highest BCUT2D eigenvalue weighted by atomic mass is 16.3. The van der Waals surface area contributed by atoms with E-state index in [0.717, 1.165) is 116 Å². The molecule has 14 aromatic rings. The first-order chi connectivity index (χ1) is 34.2. The predicted octanol–water partition coefficient (Wildman–Crippen LogP) is 15.7. The summed E-state index contributed by atoms with van der Waals surface area (Å²) in [6.45, 7) is 0. The van der Waals surface area contributed by atoms with Crippen molar-refractivity contribution in [1.29, 1.82) is 0 Å². The average Bonchev–Trinajstić information content (AvgIpc) is 4.08. The van der Waals surface area contributed by atoms with E-state index in [2.05, 4.69) is 167 Å². The summed E-state index contributed by atoms with van der Waals surface area (Å²) in [5.41, 5.74) is 14.0. The number of hydrogen-bond acceptors (Lipinski definition) is 5. The van der Waals surface area contributed by atoms with E-state index < -0.39 is 0 Å². The summed E-state index contributed by atoms with van der Waals surface area (Å²) >= 11 is 0. The minimum absolute atomic E-state index is 0.533. The Bertz CT molecular complexity index is 4230. The van der Waals surface area contributed by atoms with E-state index in [1.807, 2.05) is 72.8 Å². The van der Waals surface area contributed by atoms with Gasteiger partial charge in [-0.25, -0.2) is 9.97 Å². The first-order valence-corrected chi connectivity index (χ1v) is 23.1. The van der Waals surface area contributed by atoms with Gasteiger partial charge in [0, 0.05) is 49.0 Å². The SMILES string of the molecule is c1ccc(-c2ccc3c(c2)c2c(ccc4c5cc(-c6ccccc6)ccc5n(-c5cccc(-c6ccc7oc8ccccc8c7c6)n5)c42)n3-c2nc(-c3ccccc3)nc(-c3ccccc3)n2)cc1. The van der Waals surface area contributed by atoms with Gasteiger partial charge >= 0.3 is 0 Å². The van der Waals surface area contributed by atoms with Gasteiger partial charge in [-0.1, -0.05) is 164 Å². The fraction of sp³-hybridized carbons (Fsp3) is 0. The first kappa shape index (κ1) is 38.8. The van der Waals surface area contributed by atoms with Crippen LogP contribution in [-0.2, 0) is 0 Å². The second kappa shape index (κ2) is 15.6. The molecule has 0 fully saturated rings. The van der Waals surface area contributed by atoms with Gasteiger partial charge in [0.25, 0.3) is 0 Å². The Morgan fingerprint density at radius 2 is 0.841 bits per heavy atom. The van der Waals surface area contributed by atoms with E-state index in [1.54, 1.807) is 0 Å². The van der Waals surface area contributed by atoms with Gasteiger partial charge in [0.2, 0.25) is 5.95 Å². The maximum atomic E-state index is 6.23. The lowest BCUT2D eigenvalue weighted by atomic mass is 10.0. The molecular weight excluding hydrogens is 845 g/mol. The molecule has 5 aromatic heterocycles. The van der Waals surface area contributed by atoms with Crippen LogP contribution < -0.4 is 0 Å². The van der Waals surface area contributed by atoms with Crippen molar-refractivity contribution in [1.82, 2.24) is 29.1 Å². The van der Waals surface area contributed by atoms with Gasteiger partial charge in [-0.05, 0) is 89.0 Å². The summed E-state index contributed by atoms with van der Waals surface area (Å²) in [7, 11) is 0. The minimum atomic E-state index is 0.533. The summed E-state index contributed by atoms with van der Waals surface area (Å²) in [5.74, 6) is 2.54. The van der Waals surface area contributed by atoms with E-state index in [1.165, 1.54) is 0 Å². The van der Waals surface area contributed by atoms with Crippen LogP contribution in [0.1, 0.15) is 0 Å². The topological polar surface area (TPSA) is 74.6 Å². The summed E-state index contributed by atoms with van der Waals surface area (Å²) in [6.07, 6.45) is 0. The van der Waals surface area contributed by atoms with Crippen molar-refractivity contribution < 1.29 is 4.42 Å². The molecule has 0 atom stereocenters. The van der Waals surface area contributed by atoms with Crippen LogP contribution in [0, 0.1) is 0 Å². The molecule has 5 heterocycles. The van der Waals surface area contributed by atoms with Crippen LogP contribution in [0.4, 0.5) is 0 Å². The van der Waals surface area contributed by atoms with E-state index in [0.29, 0.717) is 17.6 Å². The number of fused-ring (bicyclic) bond motifs is 10. The summed E-state index contributed by atoms with van der Waals surface area (Å²) in [6, 6.07) is 80.4. The Hall–Kier alpha value is -9.46. The molecule has 0 unspecified atom stereocenters. The Morgan fingerprint density at radius 1 is 0.304 bits per heavy atom. The van der Waals surface area contributed by atoms with Gasteiger partial charge in [0.05, 0.1) is 27.8 Å². The molecule has 9 aromatic carbocycles. The Labute approximate surface area is 395 Å². The third kappa shape index (κ3) is 6.36. The van der Waals surface area contributed by atoms with E-state index in [-0.39, 0.29) is 0 Å². The number of pyridine rings is 1. The quantitative estimate of drug-likeness (QED) is 0.159. The minimum Gasteiger partial charge on any atom is -0.456 e. The van der Waals surface area contributed by atoms with Gasteiger partial charge in [0.15, 0.2) is 11.6 Å². The highest BCUT2D eigenvalue weighted by Crippen LogP contribution is 2.44. The lowest BCUT2D eigenvalue weighted by Gasteiger charge is -2.12. The smallest absolute Gasteiger partial charge is 0.238 e. The molecular formula is C62H38N6O. The van der Waals surface area contributed by atoms with Crippen molar-refractivity contribution in [2.24, 2.45) is 0 Å². The molecule has 0 bridgehead atoms. The summed E-state index contributed by atoms with van der Waals surface area (Å²) in [5, 5.41) is 6.53. The van der Waals surface area contributed by atoms with Crippen molar-refractivity contribution in [3.05, 3.63) is 231 Å². The third-order valence-electron chi connectivity index (χ3n) is 13.4. The van der Waals surface area contributed by atoms with E-state index in [9.17, 15) is 0 Å². The van der Waals surface area contributed by atoms with Crippen LogP contribution in [0.5, 0.6) is 0 Å². The first-order valence-electron chi connectivity index (χ1n) is 23.1. The van der Waals surface area contributed by atoms with Crippen LogP contribution in [0.2, 0.25) is 0 Å². The van der Waals surface area contributed by atoms with Crippen molar-refractivity contribution in [2.75, 3.05) is 0 Å². The normalized spacial score (nSPS) is 11.8. The van der Waals surface area contributed by atoms with Crippen molar-refractivity contribution in [3.63, 3.8) is 0 Å². The Morgan fingerprint density at radius 3 is 1.51 bits per heavy atom. The predicted molar refractivity (Wildman–Crippen MR) is 281 cm³/mol. The number of benzene rings is 9. The molecule has 0 aliphatic carbocycles. The number of rotatable bonds is 7.